The van der Waals surface area contributed by atoms with Gasteiger partial charge in [0.15, 0.2) is 5.69 Å². The van der Waals surface area contributed by atoms with Crippen molar-refractivity contribution in [1.29, 1.82) is 0 Å². The average Bonchev–Trinajstić information content (AvgIpc) is 2.45. The molecule has 0 unspecified atom stereocenters. The monoisotopic (exact) mass is 354 g/mol. The molecule has 2 aromatic rings. The van der Waals surface area contributed by atoms with Gasteiger partial charge in [0.05, 0.1) is 0 Å². The number of para-hydroxylation sites is 1. The highest BCUT2D eigenvalue weighted by atomic mass is 35.5. The number of carbonyl (C=O) groups is 1. The Morgan fingerprint density at radius 3 is 2.58 bits per heavy atom. The van der Waals surface area contributed by atoms with Gasteiger partial charge in [-0.1, -0.05) is 12.1 Å². The summed E-state index contributed by atoms with van der Waals surface area (Å²) in [5.41, 5.74) is 4.94. The summed E-state index contributed by atoms with van der Waals surface area (Å²) in [6.45, 7) is 5.28. The van der Waals surface area contributed by atoms with Crippen LogP contribution >= 0.6 is 12.4 Å². The highest BCUT2D eigenvalue weighted by Gasteiger charge is 2.19. The Bertz CT molecular complexity index is 799. The zero-order valence-corrected chi connectivity index (χ0v) is 14.5. The Morgan fingerprint density at radius 2 is 2.00 bits per heavy atom. The van der Waals surface area contributed by atoms with E-state index in [1.807, 2.05) is 0 Å². The number of benzene rings is 1. The first-order valence-electron chi connectivity index (χ1n) is 7.12. The third-order valence-corrected chi connectivity index (χ3v) is 3.11. The van der Waals surface area contributed by atoms with Crippen LogP contribution in [0.25, 0.3) is 5.69 Å². The van der Waals surface area contributed by atoms with Gasteiger partial charge in [-0.2, -0.15) is 5.10 Å². The number of halogens is 2. The molecule has 8 heteroatoms. The molecule has 0 atom stereocenters. The number of amides is 1. The Labute approximate surface area is 145 Å². The van der Waals surface area contributed by atoms with Crippen molar-refractivity contribution in [3.63, 3.8) is 0 Å². The van der Waals surface area contributed by atoms with Crippen LogP contribution in [-0.2, 0) is 0 Å². The Hall–Kier alpha value is -2.25. The first-order chi connectivity index (χ1) is 10.7. The van der Waals surface area contributed by atoms with Gasteiger partial charge in [-0.25, -0.2) is 9.07 Å². The van der Waals surface area contributed by atoms with E-state index in [2.05, 4.69) is 10.4 Å². The molecule has 130 valence electrons. The van der Waals surface area contributed by atoms with E-state index < -0.39 is 22.7 Å². The second kappa shape index (κ2) is 7.55. The van der Waals surface area contributed by atoms with Gasteiger partial charge in [-0.05, 0) is 32.9 Å². The predicted molar refractivity (Wildman–Crippen MR) is 92.4 cm³/mol. The summed E-state index contributed by atoms with van der Waals surface area (Å²) in [6.07, 6.45) is 0. The Kier molecular flexibility index (Phi) is 6.22. The summed E-state index contributed by atoms with van der Waals surface area (Å²) in [4.78, 5) is 24.2. The van der Waals surface area contributed by atoms with Crippen molar-refractivity contribution in [3.05, 3.63) is 57.8 Å². The lowest BCUT2D eigenvalue weighted by Crippen LogP contribution is -2.46. The van der Waals surface area contributed by atoms with E-state index in [0.29, 0.717) is 5.69 Å². The number of hydrogen-bond donors (Lipinski definition) is 2. The van der Waals surface area contributed by atoms with Crippen LogP contribution in [0, 0.1) is 12.7 Å². The predicted octanol–water partition coefficient (Wildman–Crippen LogP) is 1.57. The Balaban J connectivity index is 0.00000288. The maximum atomic E-state index is 13.9. The molecule has 6 nitrogen and oxygen atoms in total. The number of hydrogen-bond acceptors (Lipinski definition) is 4. The standard InChI is InChI=1S/C16H19FN4O2.ClH/c1-10-8-13(22)14(15(23)19-9-16(2,3)18)20-21(10)12-7-5-4-6-11(12)17;/h4-8H,9,18H2,1-3H3,(H,19,23);1H. The molecular formula is C16H20ClFN4O2. The van der Waals surface area contributed by atoms with E-state index in [4.69, 9.17) is 5.73 Å². The van der Waals surface area contributed by atoms with Crippen LogP contribution in [0.2, 0.25) is 0 Å². The number of aromatic nitrogens is 2. The van der Waals surface area contributed by atoms with Gasteiger partial charge in [0.1, 0.15) is 11.5 Å². The van der Waals surface area contributed by atoms with Gasteiger partial charge in [-0.3, -0.25) is 9.59 Å². The fourth-order valence-corrected chi connectivity index (χ4v) is 1.96. The van der Waals surface area contributed by atoms with Crippen LogP contribution in [0.3, 0.4) is 0 Å². The van der Waals surface area contributed by atoms with E-state index in [1.165, 1.54) is 22.9 Å². The number of nitrogens with zero attached hydrogens (tertiary/aromatic N) is 2. The van der Waals surface area contributed by atoms with Crippen molar-refractivity contribution in [2.45, 2.75) is 26.3 Å². The molecule has 0 aliphatic rings. The van der Waals surface area contributed by atoms with Crippen LogP contribution in [0.1, 0.15) is 30.0 Å². The second-order valence-corrected chi connectivity index (χ2v) is 6.03. The summed E-state index contributed by atoms with van der Waals surface area (Å²) in [7, 11) is 0. The third-order valence-electron chi connectivity index (χ3n) is 3.11. The Morgan fingerprint density at radius 1 is 1.38 bits per heavy atom. The molecule has 0 aliphatic carbocycles. The average molecular weight is 355 g/mol. The molecule has 0 aliphatic heterocycles. The number of nitrogens with two attached hydrogens (primary N) is 1. The smallest absolute Gasteiger partial charge is 0.275 e. The van der Waals surface area contributed by atoms with Crippen molar-refractivity contribution in [2.24, 2.45) is 5.73 Å². The van der Waals surface area contributed by atoms with Crippen molar-refractivity contribution < 1.29 is 9.18 Å². The minimum atomic E-state index is -0.640. The van der Waals surface area contributed by atoms with E-state index >= 15 is 0 Å². The maximum Gasteiger partial charge on any atom is 0.275 e. The molecule has 3 N–H and O–H groups in total. The minimum Gasteiger partial charge on any atom is -0.349 e. The maximum absolute atomic E-state index is 13.9. The van der Waals surface area contributed by atoms with Gasteiger partial charge in [0.25, 0.3) is 5.91 Å². The molecule has 24 heavy (non-hydrogen) atoms. The molecular weight excluding hydrogens is 335 g/mol. The molecule has 2 rings (SSSR count). The van der Waals surface area contributed by atoms with Gasteiger partial charge < -0.3 is 11.1 Å². The van der Waals surface area contributed by atoms with Crippen molar-refractivity contribution >= 4 is 18.3 Å². The fraction of sp³-hybridized carbons (Fsp3) is 0.312. The molecule has 1 aromatic carbocycles. The first-order valence-corrected chi connectivity index (χ1v) is 7.12. The minimum absolute atomic E-state index is 0. The van der Waals surface area contributed by atoms with E-state index in [1.54, 1.807) is 32.9 Å². The van der Waals surface area contributed by atoms with Gasteiger partial charge >= 0.3 is 0 Å². The zero-order valence-electron chi connectivity index (χ0n) is 13.7. The topological polar surface area (TPSA) is 90.0 Å². The van der Waals surface area contributed by atoms with Crippen LogP contribution in [0.15, 0.2) is 35.1 Å². The highest BCUT2D eigenvalue weighted by molar-refractivity contribution is 5.92. The fourth-order valence-electron chi connectivity index (χ4n) is 1.96. The van der Waals surface area contributed by atoms with Crippen LogP contribution in [0.4, 0.5) is 4.39 Å². The number of nitrogens with one attached hydrogen (secondary N) is 1. The van der Waals surface area contributed by atoms with Gasteiger partial charge in [-0.15, -0.1) is 12.4 Å². The summed E-state index contributed by atoms with van der Waals surface area (Å²) in [5, 5.41) is 6.57. The normalized spacial score (nSPS) is 10.9. The highest BCUT2D eigenvalue weighted by Crippen LogP contribution is 2.13. The molecule has 0 radical (unpaired) electrons. The molecule has 0 spiro atoms. The zero-order chi connectivity index (χ0) is 17.2. The summed E-state index contributed by atoms with van der Waals surface area (Å²) >= 11 is 0. The van der Waals surface area contributed by atoms with Gasteiger partial charge in [0.2, 0.25) is 5.43 Å². The number of aryl methyl sites for hydroxylation is 1. The van der Waals surface area contributed by atoms with E-state index in [0.717, 1.165) is 0 Å². The van der Waals surface area contributed by atoms with Crippen molar-refractivity contribution in [1.82, 2.24) is 15.1 Å². The molecule has 0 saturated heterocycles. The second-order valence-electron chi connectivity index (χ2n) is 6.03. The molecule has 0 fully saturated rings. The summed E-state index contributed by atoms with van der Waals surface area (Å²) < 4.78 is 15.2. The lowest BCUT2D eigenvalue weighted by molar-refractivity contribution is 0.0938. The van der Waals surface area contributed by atoms with Crippen LogP contribution in [-0.4, -0.2) is 27.8 Å². The van der Waals surface area contributed by atoms with Crippen LogP contribution in [0.5, 0.6) is 0 Å². The summed E-state index contributed by atoms with van der Waals surface area (Å²) in [6, 6.07) is 7.25. The lowest BCUT2D eigenvalue weighted by atomic mass is 10.1. The SMILES string of the molecule is Cc1cc(=O)c(C(=O)NCC(C)(C)N)nn1-c1ccccc1F.Cl. The number of rotatable bonds is 4. The van der Waals surface area contributed by atoms with Gasteiger partial charge in [0, 0.05) is 23.8 Å². The van der Waals surface area contributed by atoms with E-state index in [-0.39, 0.29) is 30.3 Å². The molecule has 1 amide bonds. The molecule has 1 aromatic heterocycles. The summed E-state index contributed by atoms with van der Waals surface area (Å²) in [5.74, 6) is -1.14. The third kappa shape index (κ3) is 4.62. The molecule has 1 heterocycles. The van der Waals surface area contributed by atoms with Crippen molar-refractivity contribution in [3.8, 4) is 5.69 Å². The largest absolute Gasteiger partial charge is 0.349 e. The first kappa shape index (κ1) is 19.8. The lowest BCUT2D eigenvalue weighted by Gasteiger charge is -2.19. The quantitative estimate of drug-likeness (QED) is 0.872. The number of carbonyl (C=O) groups excluding carboxylic acids is 1. The molecule has 0 saturated carbocycles. The van der Waals surface area contributed by atoms with E-state index in [9.17, 15) is 14.0 Å². The van der Waals surface area contributed by atoms with Crippen LogP contribution < -0.4 is 16.5 Å². The molecule has 0 bridgehead atoms. The van der Waals surface area contributed by atoms with Crippen molar-refractivity contribution in [2.75, 3.05) is 6.54 Å².